The first-order valence-electron chi connectivity index (χ1n) is 6.70. The van der Waals surface area contributed by atoms with Crippen molar-refractivity contribution in [2.24, 2.45) is 7.05 Å². The van der Waals surface area contributed by atoms with E-state index in [1.54, 1.807) is 9.58 Å². The van der Waals surface area contributed by atoms with Gasteiger partial charge in [0.25, 0.3) is 5.91 Å². The molecule has 0 radical (unpaired) electrons. The average molecular weight is 294 g/mol. The van der Waals surface area contributed by atoms with Crippen molar-refractivity contribution in [1.82, 2.24) is 14.7 Å². The van der Waals surface area contributed by atoms with E-state index in [1.165, 1.54) is 11.3 Å². The smallest absolute Gasteiger partial charge is 0.266 e. The minimum atomic E-state index is -0.188. The number of thiophene rings is 1. The second-order valence-corrected chi connectivity index (χ2v) is 6.76. The van der Waals surface area contributed by atoms with Crippen LogP contribution in [-0.2, 0) is 7.05 Å². The van der Waals surface area contributed by atoms with Crippen molar-refractivity contribution >= 4 is 33.1 Å². The Hall–Kier alpha value is -1.56. The molecule has 0 unspecified atom stereocenters. The summed E-state index contributed by atoms with van der Waals surface area (Å²) in [6, 6.07) is 0. The van der Waals surface area contributed by atoms with Gasteiger partial charge in [-0.2, -0.15) is 5.10 Å². The van der Waals surface area contributed by atoms with Crippen LogP contribution in [0.4, 0.5) is 5.69 Å². The van der Waals surface area contributed by atoms with E-state index in [1.807, 2.05) is 21.0 Å². The van der Waals surface area contributed by atoms with Gasteiger partial charge in [-0.25, -0.2) is 0 Å². The standard InChI is InChI=1S/C14H22N4OS/c1-7-14(3,4)17(5)12(19)11-10(15)9-8(2)16-18(6)13(9)20-11/h7,15H2,1-6H3. The molecule has 1 amide bonds. The molecule has 0 aromatic carbocycles. The molecule has 110 valence electrons. The molecule has 0 bridgehead atoms. The predicted molar refractivity (Wildman–Crippen MR) is 84.2 cm³/mol. The Kier molecular flexibility index (Phi) is 3.54. The van der Waals surface area contributed by atoms with Gasteiger partial charge in [0.2, 0.25) is 0 Å². The lowest BCUT2D eigenvalue weighted by molar-refractivity contribution is 0.0626. The predicted octanol–water partition coefficient (Wildman–Crippen LogP) is 2.79. The third-order valence-electron chi connectivity index (χ3n) is 4.15. The largest absolute Gasteiger partial charge is 0.397 e. The molecule has 2 heterocycles. The van der Waals surface area contributed by atoms with Gasteiger partial charge in [-0.3, -0.25) is 9.48 Å². The van der Waals surface area contributed by atoms with Crippen LogP contribution in [0.3, 0.4) is 0 Å². The Bertz CT molecular complexity index is 668. The number of aryl methyl sites for hydroxylation is 2. The summed E-state index contributed by atoms with van der Waals surface area (Å²) in [6.45, 7) is 8.11. The van der Waals surface area contributed by atoms with Crippen LogP contribution in [-0.4, -0.2) is 33.2 Å². The SMILES string of the molecule is CCC(C)(C)N(C)C(=O)c1sc2c(c(C)nn2C)c1N. The number of aromatic nitrogens is 2. The summed E-state index contributed by atoms with van der Waals surface area (Å²) in [6.07, 6.45) is 0.890. The Morgan fingerprint density at radius 2 is 2.10 bits per heavy atom. The van der Waals surface area contributed by atoms with Gasteiger partial charge in [0, 0.05) is 19.6 Å². The first kappa shape index (κ1) is 14.8. The fraction of sp³-hybridized carbons (Fsp3) is 0.571. The number of hydrogen-bond donors (Lipinski definition) is 1. The number of carbonyl (C=O) groups excluding carboxylic acids is 1. The normalized spacial score (nSPS) is 12.1. The summed E-state index contributed by atoms with van der Waals surface area (Å²) >= 11 is 1.42. The first-order valence-corrected chi connectivity index (χ1v) is 7.52. The van der Waals surface area contributed by atoms with E-state index in [2.05, 4.69) is 25.9 Å². The van der Waals surface area contributed by atoms with E-state index < -0.39 is 0 Å². The lowest BCUT2D eigenvalue weighted by Gasteiger charge is -2.34. The second-order valence-electron chi connectivity index (χ2n) is 5.76. The number of fused-ring (bicyclic) bond motifs is 1. The highest BCUT2D eigenvalue weighted by atomic mass is 32.1. The van der Waals surface area contributed by atoms with Gasteiger partial charge in [-0.05, 0) is 27.2 Å². The number of nitrogens with two attached hydrogens (primary N) is 1. The van der Waals surface area contributed by atoms with Crippen LogP contribution in [0.15, 0.2) is 0 Å². The molecule has 0 fully saturated rings. The van der Waals surface area contributed by atoms with Gasteiger partial charge >= 0.3 is 0 Å². The molecule has 20 heavy (non-hydrogen) atoms. The third kappa shape index (κ3) is 2.08. The second kappa shape index (κ2) is 4.77. The molecule has 0 aliphatic carbocycles. The number of anilines is 1. The van der Waals surface area contributed by atoms with Crippen molar-refractivity contribution in [2.45, 2.75) is 39.7 Å². The monoisotopic (exact) mass is 294 g/mol. The summed E-state index contributed by atoms with van der Waals surface area (Å²) in [4.78, 5) is 16.0. The molecule has 0 spiro atoms. The van der Waals surface area contributed by atoms with E-state index >= 15 is 0 Å². The van der Waals surface area contributed by atoms with Crippen molar-refractivity contribution in [3.63, 3.8) is 0 Å². The van der Waals surface area contributed by atoms with Crippen LogP contribution >= 0.6 is 11.3 Å². The number of hydrogen-bond acceptors (Lipinski definition) is 4. The molecule has 2 rings (SSSR count). The van der Waals surface area contributed by atoms with Gasteiger partial charge in [0.1, 0.15) is 9.71 Å². The molecule has 0 saturated heterocycles. The first-order chi connectivity index (χ1) is 9.20. The summed E-state index contributed by atoms with van der Waals surface area (Å²) in [5, 5.41) is 5.25. The Morgan fingerprint density at radius 1 is 1.50 bits per heavy atom. The number of nitrogen functional groups attached to an aromatic ring is 1. The van der Waals surface area contributed by atoms with E-state index in [4.69, 9.17) is 5.73 Å². The number of nitrogens with zero attached hydrogens (tertiary/aromatic N) is 3. The summed E-state index contributed by atoms with van der Waals surface area (Å²) in [7, 11) is 3.71. The highest BCUT2D eigenvalue weighted by Gasteiger charge is 2.30. The maximum absolute atomic E-state index is 12.7. The minimum Gasteiger partial charge on any atom is -0.397 e. The topological polar surface area (TPSA) is 64.2 Å². The Labute approximate surface area is 123 Å². The molecule has 2 aromatic heterocycles. The summed E-state index contributed by atoms with van der Waals surface area (Å²) in [5.41, 5.74) is 7.42. The van der Waals surface area contributed by atoms with Crippen LogP contribution in [0.5, 0.6) is 0 Å². The van der Waals surface area contributed by atoms with Gasteiger partial charge in [-0.1, -0.05) is 6.92 Å². The van der Waals surface area contributed by atoms with Crippen molar-refractivity contribution < 1.29 is 4.79 Å². The van der Waals surface area contributed by atoms with Crippen molar-refractivity contribution in [1.29, 1.82) is 0 Å². The zero-order valence-electron chi connectivity index (χ0n) is 12.9. The number of carbonyl (C=O) groups is 1. The molecular weight excluding hydrogens is 272 g/mol. The van der Waals surface area contributed by atoms with Gasteiger partial charge in [0.15, 0.2) is 0 Å². The van der Waals surface area contributed by atoms with Crippen molar-refractivity contribution in [3.8, 4) is 0 Å². The number of amides is 1. The summed E-state index contributed by atoms with van der Waals surface area (Å²) in [5.74, 6) is -0.0186. The molecule has 0 atom stereocenters. The molecule has 0 saturated carbocycles. The highest BCUT2D eigenvalue weighted by Crippen LogP contribution is 2.37. The highest BCUT2D eigenvalue weighted by molar-refractivity contribution is 7.21. The molecule has 5 nitrogen and oxygen atoms in total. The molecule has 0 aliphatic heterocycles. The van der Waals surface area contributed by atoms with Crippen LogP contribution in [0.25, 0.3) is 10.2 Å². The lowest BCUT2D eigenvalue weighted by atomic mass is 9.99. The van der Waals surface area contributed by atoms with E-state index in [0.29, 0.717) is 10.6 Å². The summed E-state index contributed by atoms with van der Waals surface area (Å²) < 4.78 is 1.79. The van der Waals surface area contributed by atoms with Crippen molar-refractivity contribution in [3.05, 3.63) is 10.6 Å². The zero-order valence-corrected chi connectivity index (χ0v) is 13.8. The Morgan fingerprint density at radius 3 is 2.60 bits per heavy atom. The van der Waals surface area contributed by atoms with Crippen LogP contribution < -0.4 is 5.73 Å². The quantitative estimate of drug-likeness (QED) is 0.946. The fourth-order valence-electron chi connectivity index (χ4n) is 2.15. The van der Waals surface area contributed by atoms with Gasteiger partial charge in [0.05, 0.1) is 16.8 Å². The van der Waals surface area contributed by atoms with Crippen molar-refractivity contribution in [2.75, 3.05) is 12.8 Å². The molecule has 2 N–H and O–H groups in total. The zero-order chi connectivity index (χ0) is 15.2. The fourth-order valence-corrected chi connectivity index (χ4v) is 3.31. The van der Waals surface area contributed by atoms with E-state index in [-0.39, 0.29) is 11.4 Å². The Balaban J connectivity index is 2.51. The molecular formula is C14H22N4OS. The average Bonchev–Trinajstić information content (AvgIpc) is 2.87. The molecule has 0 aliphatic rings. The van der Waals surface area contributed by atoms with Gasteiger partial charge in [-0.15, -0.1) is 11.3 Å². The van der Waals surface area contributed by atoms with Crippen LogP contribution in [0.2, 0.25) is 0 Å². The number of rotatable bonds is 3. The lowest BCUT2D eigenvalue weighted by Crippen LogP contribution is -2.44. The third-order valence-corrected chi connectivity index (χ3v) is 5.41. The maximum atomic E-state index is 12.7. The van der Waals surface area contributed by atoms with E-state index in [0.717, 1.165) is 22.3 Å². The van der Waals surface area contributed by atoms with Crippen LogP contribution in [0.1, 0.15) is 42.6 Å². The van der Waals surface area contributed by atoms with Gasteiger partial charge < -0.3 is 10.6 Å². The minimum absolute atomic E-state index is 0.0186. The maximum Gasteiger partial charge on any atom is 0.266 e. The van der Waals surface area contributed by atoms with Crippen LogP contribution in [0, 0.1) is 6.92 Å². The van der Waals surface area contributed by atoms with E-state index in [9.17, 15) is 4.79 Å². The molecule has 6 heteroatoms. The molecule has 2 aromatic rings.